The van der Waals surface area contributed by atoms with E-state index in [1.165, 1.54) is 25.1 Å². The van der Waals surface area contributed by atoms with Gasteiger partial charge in [-0.1, -0.05) is 23.7 Å². The van der Waals surface area contributed by atoms with Gasteiger partial charge >= 0.3 is 6.36 Å². The minimum Gasteiger partial charge on any atom is -0.404 e. The van der Waals surface area contributed by atoms with Crippen molar-refractivity contribution in [3.63, 3.8) is 0 Å². The van der Waals surface area contributed by atoms with Crippen LogP contribution in [0.25, 0.3) is 15.7 Å². The van der Waals surface area contributed by atoms with Crippen LogP contribution >= 0.6 is 11.6 Å². The van der Waals surface area contributed by atoms with E-state index in [-0.39, 0.29) is 17.5 Å². The third-order valence-electron chi connectivity index (χ3n) is 5.39. The number of aromatic nitrogens is 1. The minimum absolute atomic E-state index is 0.0476. The quantitative estimate of drug-likeness (QED) is 0.482. The number of hydrogen-bond acceptors (Lipinski definition) is 4. The predicted molar refractivity (Wildman–Crippen MR) is 118 cm³/mol. The monoisotopic (exact) mass is 474 g/mol. The molecular weight excluding hydrogens is 457 g/mol. The summed E-state index contributed by atoms with van der Waals surface area (Å²) >= 11 is 5.98. The average molecular weight is 475 g/mol. The zero-order valence-electron chi connectivity index (χ0n) is 17.5. The second kappa shape index (κ2) is 8.79. The van der Waals surface area contributed by atoms with E-state index < -0.39 is 12.1 Å². The highest BCUT2D eigenvalue weighted by Gasteiger charge is 2.32. The third kappa shape index (κ3) is 4.96. The van der Waals surface area contributed by atoms with Gasteiger partial charge in [-0.2, -0.15) is 0 Å². The number of pyridine rings is 1. The van der Waals surface area contributed by atoms with Crippen LogP contribution in [0.3, 0.4) is 0 Å². The van der Waals surface area contributed by atoms with E-state index in [0.29, 0.717) is 36.3 Å². The van der Waals surface area contributed by atoms with Crippen molar-refractivity contribution < 1.29 is 22.7 Å². The number of halogens is 4. The van der Waals surface area contributed by atoms with E-state index in [2.05, 4.69) is 14.9 Å². The lowest BCUT2D eigenvalue weighted by Crippen LogP contribution is -2.35. The van der Waals surface area contributed by atoms with Crippen molar-refractivity contribution in [2.24, 2.45) is 0 Å². The second-order valence-electron chi connectivity index (χ2n) is 7.58. The molecule has 1 N–H and O–H groups in total. The summed E-state index contributed by atoms with van der Waals surface area (Å²) in [6.45, 7) is 10.0. The Bertz CT molecular complexity index is 1290. The van der Waals surface area contributed by atoms with Crippen LogP contribution in [-0.4, -0.2) is 28.7 Å². The summed E-state index contributed by atoms with van der Waals surface area (Å²) in [6, 6.07) is 9.27. The van der Waals surface area contributed by atoms with E-state index in [9.17, 15) is 18.0 Å². The first kappa shape index (κ1) is 22.7. The Kier molecular flexibility index (Phi) is 6.04. The standard InChI is InChI=1S/C23H18ClF3N4O2/c1-13(32)31-8-7-20-17(12-31)22(16-10-15(28-2)4-5-19(16)30-20)29-11-14-3-6-21(18(24)9-14)33-23(25,26)27/h3-6,9-10H,7-8,11-12H2,1H3,(H,29,30). The van der Waals surface area contributed by atoms with Crippen molar-refractivity contribution in [3.05, 3.63) is 69.7 Å². The van der Waals surface area contributed by atoms with Gasteiger partial charge in [0.25, 0.3) is 0 Å². The summed E-state index contributed by atoms with van der Waals surface area (Å²) in [5.74, 6) is -0.521. The van der Waals surface area contributed by atoms with Gasteiger partial charge in [-0.25, -0.2) is 4.85 Å². The highest BCUT2D eigenvalue weighted by molar-refractivity contribution is 6.32. The molecule has 0 unspecified atom stereocenters. The van der Waals surface area contributed by atoms with Crippen molar-refractivity contribution in [1.82, 2.24) is 9.88 Å². The number of hydrogen-bond donors (Lipinski definition) is 1. The number of alkyl halides is 3. The van der Waals surface area contributed by atoms with Gasteiger partial charge in [-0.15, -0.1) is 13.2 Å². The Morgan fingerprint density at radius 2 is 2.09 bits per heavy atom. The number of nitrogens with one attached hydrogen (secondary N) is 1. The van der Waals surface area contributed by atoms with Gasteiger partial charge in [0.2, 0.25) is 5.91 Å². The smallest absolute Gasteiger partial charge is 0.404 e. The number of rotatable bonds is 4. The van der Waals surface area contributed by atoms with Crippen molar-refractivity contribution in [2.75, 3.05) is 11.9 Å². The van der Waals surface area contributed by atoms with Crippen LogP contribution < -0.4 is 10.1 Å². The Balaban J connectivity index is 1.70. The number of fused-ring (bicyclic) bond motifs is 2. The largest absolute Gasteiger partial charge is 0.573 e. The molecule has 1 aliphatic rings. The zero-order valence-corrected chi connectivity index (χ0v) is 18.2. The fourth-order valence-corrected chi connectivity index (χ4v) is 4.06. The van der Waals surface area contributed by atoms with Gasteiger partial charge in [0.15, 0.2) is 5.69 Å². The number of amides is 1. The zero-order chi connectivity index (χ0) is 23.8. The molecule has 4 rings (SSSR count). The lowest BCUT2D eigenvalue weighted by atomic mass is 9.99. The molecule has 0 spiro atoms. The van der Waals surface area contributed by atoms with Crippen LogP contribution in [-0.2, 0) is 24.3 Å². The maximum Gasteiger partial charge on any atom is 0.573 e. The predicted octanol–water partition coefficient (Wildman–Crippen LogP) is 5.85. The Labute approximate surface area is 192 Å². The highest BCUT2D eigenvalue weighted by Crippen LogP contribution is 2.36. The van der Waals surface area contributed by atoms with Crippen molar-refractivity contribution in [2.45, 2.75) is 32.8 Å². The molecule has 33 heavy (non-hydrogen) atoms. The molecule has 1 aromatic heterocycles. The molecule has 1 amide bonds. The molecular formula is C23H18ClF3N4O2. The van der Waals surface area contributed by atoms with Crippen LogP contribution in [0, 0.1) is 6.57 Å². The number of carbonyl (C=O) groups is 1. The molecule has 0 radical (unpaired) electrons. The number of nitrogens with zero attached hydrogens (tertiary/aromatic N) is 3. The maximum absolute atomic E-state index is 12.5. The fourth-order valence-electron chi connectivity index (χ4n) is 3.82. The minimum atomic E-state index is -4.83. The molecule has 2 heterocycles. The third-order valence-corrected chi connectivity index (χ3v) is 5.68. The van der Waals surface area contributed by atoms with E-state index in [1.807, 2.05) is 0 Å². The Morgan fingerprint density at radius 1 is 1.30 bits per heavy atom. The van der Waals surface area contributed by atoms with Gasteiger partial charge in [0.1, 0.15) is 5.75 Å². The summed E-state index contributed by atoms with van der Waals surface area (Å²) < 4.78 is 41.4. The first-order valence-electron chi connectivity index (χ1n) is 10.0. The maximum atomic E-state index is 12.5. The summed E-state index contributed by atoms with van der Waals surface area (Å²) in [5, 5.41) is 3.91. The number of anilines is 1. The normalized spacial score (nSPS) is 13.4. The molecule has 170 valence electrons. The molecule has 0 fully saturated rings. The van der Waals surface area contributed by atoms with Crippen molar-refractivity contribution in [1.29, 1.82) is 0 Å². The summed E-state index contributed by atoms with van der Waals surface area (Å²) in [6.07, 6.45) is -4.24. The summed E-state index contributed by atoms with van der Waals surface area (Å²) in [4.78, 5) is 21.9. The molecule has 0 atom stereocenters. The molecule has 0 aliphatic carbocycles. The molecule has 10 heteroatoms. The Hall–Kier alpha value is -3.51. The fraction of sp³-hybridized carbons (Fsp3) is 0.261. The van der Waals surface area contributed by atoms with Gasteiger partial charge in [0.05, 0.1) is 17.1 Å². The van der Waals surface area contributed by atoms with E-state index in [0.717, 1.165) is 22.3 Å². The molecule has 0 saturated heterocycles. The molecule has 0 bridgehead atoms. The second-order valence-corrected chi connectivity index (χ2v) is 7.99. The molecule has 0 saturated carbocycles. The topological polar surface area (TPSA) is 58.8 Å². The highest BCUT2D eigenvalue weighted by atomic mass is 35.5. The van der Waals surface area contributed by atoms with Crippen molar-refractivity contribution in [3.8, 4) is 5.75 Å². The van der Waals surface area contributed by atoms with Gasteiger partial charge in [0, 0.05) is 55.3 Å². The molecule has 1 aliphatic heterocycles. The van der Waals surface area contributed by atoms with E-state index >= 15 is 0 Å². The lowest BCUT2D eigenvalue weighted by Gasteiger charge is -2.30. The van der Waals surface area contributed by atoms with E-state index in [1.54, 1.807) is 23.1 Å². The number of carbonyl (C=O) groups excluding carboxylic acids is 1. The lowest BCUT2D eigenvalue weighted by molar-refractivity contribution is -0.274. The summed E-state index contributed by atoms with van der Waals surface area (Å²) in [7, 11) is 0. The first-order chi connectivity index (χ1) is 15.6. The van der Waals surface area contributed by atoms with Crippen LogP contribution in [0.2, 0.25) is 5.02 Å². The average Bonchev–Trinajstić information content (AvgIpc) is 2.76. The SMILES string of the molecule is [C-]#[N+]c1ccc2nc3c(c(NCc4ccc(OC(F)(F)F)c(Cl)c4)c2c1)CN(C(C)=O)CC3. The van der Waals surface area contributed by atoms with Gasteiger partial charge in [-0.3, -0.25) is 9.78 Å². The van der Waals surface area contributed by atoms with Crippen LogP contribution in [0.4, 0.5) is 24.5 Å². The van der Waals surface area contributed by atoms with Crippen LogP contribution in [0.1, 0.15) is 23.7 Å². The number of benzene rings is 2. The molecule has 3 aromatic rings. The van der Waals surface area contributed by atoms with Gasteiger partial charge < -0.3 is 15.0 Å². The van der Waals surface area contributed by atoms with E-state index in [4.69, 9.17) is 23.2 Å². The Morgan fingerprint density at radius 3 is 2.76 bits per heavy atom. The summed E-state index contributed by atoms with van der Waals surface area (Å²) in [5.41, 5.74) is 4.25. The number of ether oxygens (including phenoxy) is 1. The van der Waals surface area contributed by atoms with Crippen molar-refractivity contribution >= 4 is 39.8 Å². The van der Waals surface area contributed by atoms with Crippen LogP contribution in [0.15, 0.2) is 36.4 Å². The first-order valence-corrected chi connectivity index (χ1v) is 10.4. The molecule has 6 nitrogen and oxygen atoms in total. The molecule has 2 aromatic carbocycles. The van der Waals surface area contributed by atoms with Gasteiger partial charge in [-0.05, 0) is 29.8 Å². The van der Waals surface area contributed by atoms with Crippen LogP contribution in [0.5, 0.6) is 5.75 Å².